The summed E-state index contributed by atoms with van der Waals surface area (Å²) in [7, 11) is 0. The first-order chi connectivity index (χ1) is 7.58. The Hall–Kier alpha value is -1.90. The molecule has 0 amide bonds. The second-order valence-electron chi connectivity index (χ2n) is 3.89. The number of carbonyl (C=O) groups excluding carboxylic acids is 1. The molecule has 0 saturated carbocycles. The van der Waals surface area contributed by atoms with Gasteiger partial charge >= 0.3 is 5.97 Å². The molecule has 2 rings (SSSR count). The van der Waals surface area contributed by atoms with Gasteiger partial charge in [-0.05, 0) is 32.9 Å². The lowest BCUT2D eigenvalue weighted by Crippen LogP contribution is -2.01. The van der Waals surface area contributed by atoms with Gasteiger partial charge in [0.05, 0.1) is 5.69 Å². The van der Waals surface area contributed by atoms with Crippen LogP contribution in [-0.4, -0.2) is 11.9 Å². The van der Waals surface area contributed by atoms with E-state index in [1.54, 1.807) is 6.92 Å². The number of cyclic esters (lactones) is 1. The maximum Gasteiger partial charge on any atom is 0.340 e. The van der Waals surface area contributed by atoms with Crippen molar-refractivity contribution >= 4 is 17.6 Å². The van der Waals surface area contributed by atoms with Crippen molar-refractivity contribution < 1.29 is 9.53 Å². The average Bonchev–Trinajstić information content (AvgIpc) is 2.50. The highest BCUT2D eigenvalue weighted by Gasteiger charge is 2.24. The normalized spacial score (nSPS) is 18.2. The lowest BCUT2D eigenvalue weighted by Gasteiger charge is -1.99. The van der Waals surface area contributed by atoms with E-state index in [1.807, 2.05) is 38.1 Å². The Bertz CT molecular complexity index is 495. The summed E-state index contributed by atoms with van der Waals surface area (Å²) in [6.07, 6.45) is 0. The standard InChI is InChI=1S/C13H13NO2/c1-8-4-6-11(7-5-8)14-12-9(2)10(3)13(15)16-12/h4-7H,1-3H3. The first kappa shape index (κ1) is 10.6. The van der Waals surface area contributed by atoms with Crippen molar-refractivity contribution in [3.63, 3.8) is 0 Å². The fraction of sp³-hybridized carbons (Fsp3) is 0.231. The van der Waals surface area contributed by atoms with Crippen molar-refractivity contribution in [3.05, 3.63) is 41.0 Å². The van der Waals surface area contributed by atoms with Gasteiger partial charge in [0.15, 0.2) is 0 Å². The van der Waals surface area contributed by atoms with Crippen LogP contribution in [0.15, 0.2) is 40.4 Å². The smallest absolute Gasteiger partial charge is 0.340 e. The van der Waals surface area contributed by atoms with E-state index in [0.29, 0.717) is 11.5 Å². The molecular formula is C13H13NO2. The van der Waals surface area contributed by atoms with Gasteiger partial charge in [0.25, 0.3) is 0 Å². The van der Waals surface area contributed by atoms with Gasteiger partial charge in [-0.3, -0.25) is 0 Å². The van der Waals surface area contributed by atoms with Crippen LogP contribution in [0.1, 0.15) is 19.4 Å². The molecule has 0 radical (unpaired) electrons. The number of hydrogen-bond acceptors (Lipinski definition) is 3. The molecule has 1 aliphatic rings. The third-order valence-electron chi connectivity index (χ3n) is 2.64. The summed E-state index contributed by atoms with van der Waals surface area (Å²) in [5.74, 6) is 0.106. The molecule has 0 atom stereocenters. The maximum absolute atomic E-state index is 11.3. The SMILES string of the molecule is CC1=C(C)C(=Nc2ccc(C)cc2)OC1=O. The van der Waals surface area contributed by atoms with E-state index >= 15 is 0 Å². The van der Waals surface area contributed by atoms with Gasteiger partial charge in [0, 0.05) is 11.1 Å². The number of ether oxygens (including phenoxy) is 1. The molecule has 1 aromatic rings. The molecular weight excluding hydrogens is 202 g/mol. The predicted octanol–water partition coefficient (Wildman–Crippen LogP) is 2.92. The van der Waals surface area contributed by atoms with Crippen molar-refractivity contribution in [1.29, 1.82) is 0 Å². The molecule has 0 bridgehead atoms. The highest BCUT2D eigenvalue weighted by atomic mass is 16.5. The van der Waals surface area contributed by atoms with E-state index in [9.17, 15) is 4.79 Å². The molecule has 0 spiro atoms. The van der Waals surface area contributed by atoms with Gasteiger partial charge in [-0.1, -0.05) is 17.7 Å². The summed E-state index contributed by atoms with van der Waals surface area (Å²) in [6, 6.07) is 7.75. The van der Waals surface area contributed by atoms with Crippen LogP contribution in [0.2, 0.25) is 0 Å². The summed E-state index contributed by atoms with van der Waals surface area (Å²) in [4.78, 5) is 15.6. The van der Waals surface area contributed by atoms with Crippen LogP contribution in [0.3, 0.4) is 0 Å². The molecule has 0 aliphatic carbocycles. The van der Waals surface area contributed by atoms with Gasteiger partial charge in [-0.25, -0.2) is 9.79 Å². The van der Waals surface area contributed by atoms with Crippen LogP contribution >= 0.6 is 0 Å². The van der Waals surface area contributed by atoms with E-state index in [0.717, 1.165) is 11.3 Å². The van der Waals surface area contributed by atoms with Gasteiger partial charge < -0.3 is 4.74 Å². The second-order valence-corrected chi connectivity index (χ2v) is 3.89. The first-order valence-electron chi connectivity index (χ1n) is 5.13. The minimum absolute atomic E-state index is 0.302. The maximum atomic E-state index is 11.3. The number of hydrogen-bond donors (Lipinski definition) is 0. The van der Waals surface area contributed by atoms with Crippen LogP contribution in [-0.2, 0) is 9.53 Å². The topological polar surface area (TPSA) is 38.7 Å². The summed E-state index contributed by atoms with van der Waals surface area (Å²) < 4.78 is 5.06. The fourth-order valence-corrected chi connectivity index (χ4v) is 1.40. The molecule has 0 fully saturated rings. The lowest BCUT2D eigenvalue weighted by atomic mass is 10.2. The second kappa shape index (κ2) is 3.93. The van der Waals surface area contributed by atoms with Gasteiger partial charge in [-0.2, -0.15) is 0 Å². The van der Waals surface area contributed by atoms with Crippen molar-refractivity contribution in [2.24, 2.45) is 4.99 Å². The number of carbonyl (C=O) groups is 1. The quantitative estimate of drug-likeness (QED) is 0.675. The Labute approximate surface area is 94.5 Å². The Kier molecular flexibility index (Phi) is 2.60. The Balaban J connectivity index is 2.33. The number of rotatable bonds is 1. The third kappa shape index (κ3) is 1.89. The van der Waals surface area contributed by atoms with Gasteiger partial charge in [0.2, 0.25) is 5.90 Å². The van der Waals surface area contributed by atoms with Crippen LogP contribution in [0, 0.1) is 6.92 Å². The highest BCUT2D eigenvalue weighted by Crippen LogP contribution is 2.21. The average molecular weight is 215 g/mol. The number of aryl methyl sites for hydroxylation is 1. The van der Waals surface area contributed by atoms with Crippen LogP contribution in [0.5, 0.6) is 0 Å². The minimum atomic E-state index is -0.302. The number of esters is 1. The molecule has 0 N–H and O–H groups in total. The van der Waals surface area contributed by atoms with E-state index in [-0.39, 0.29) is 5.97 Å². The zero-order chi connectivity index (χ0) is 11.7. The summed E-state index contributed by atoms with van der Waals surface area (Å²) in [6.45, 7) is 5.60. The molecule has 82 valence electrons. The fourth-order valence-electron chi connectivity index (χ4n) is 1.40. The zero-order valence-corrected chi connectivity index (χ0v) is 9.57. The van der Waals surface area contributed by atoms with Gasteiger partial charge in [-0.15, -0.1) is 0 Å². The van der Waals surface area contributed by atoms with E-state index < -0.39 is 0 Å². The van der Waals surface area contributed by atoms with E-state index in [4.69, 9.17) is 4.74 Å². The first-order valence-corrected chi connectivity index (χ1v) is 5.13. The van der Waals surface area contributed by atoms with Crippen LogP contribution in [0.4, 0.5) is 5.69 Å². The summed E-state index contributed by atoms with van der Waals surface area (Å²) in [5.41, 5.74) is 3.41. The minimum Gasteiger partial charge on any atom is -0.404 e. The Morgan fingerprint density at radius 1 is 1.00 bits per heavy atom. The highest BCUT2D eigenvalue weighted by molar-refractivity contribution is 6.14. The molecule has 1 aromatic carbocycles. The van der Waals surface area contributed by atoms with Gasteiger partial charge in [0.1, 0.15) is 0 Å². The number of aliphatic imine (C=N–C) groups is 1. The molecule has 3 nitrogen and oxygen atoms in total. The molecule has 0 unspecified atom stereocenters. The summed E-state index contributed by atoms with van der Waals surface area (Å²) >= 11 is 0. The Morgan fingerprint density at radius 3 is 2.12 bits per heavy atom. The Morgan fingerprint density at radius 2 is 1.62 bits per heavy atom. The molecule has 1 heterocycles. The van der Waals surface area contributed by atoms with Crippen molar-refractivity contribution in [2.75, 3.05) is 0 Å². The molecule has 0 saturated heterocycles. The van der Waals surface area contributed by atoms with E-state index in [1.165, 1.54) is 5.56 Å². The number of nitrogens with zero attached hydrogens (tertiary/aromatic N) is 1. The van der Waals surface area contributed by atoms with Crippen LogP contribution < -0.4 is 0 Å². The molecule has 3 heteroatoms. The van der Waals surface area contributed by atoms with Crippen molar-refractivity contribution in [1.82, 2.24) is 0 Å². The molecule has 16 heavy (non-hydrogen) atoms. The lowest BCUT2D eigenvalue weighted by molar-refractivity contribution is -0.130. The third-order valence-corrected chi connectivity index (χ3v) is 2.64. The largest absolute Gasteiger partial charge is 0.404 e. The molecule has 0 aromatic heterocycles. The van der Waals surface area contributed by atoms with Crippen LogP contribution in [0.25, 0.3) is 0 Å². The van der Waals surface area contributed by atoms with Crippen molar-refractivity contribution in [3.8, 4) is 0 Å². The monoisotopic (exact) mass is 215 g/mol. The zero-order valence-electron chi connectivity index (χ0n) is 9.57. The molecule has 1 aliphatic heterocycles. The summed E-state index contributed by atoms with van der Waals surface area (Å²) in [5, 5.41) is 0. The number of benzene rings is 1. The van der Waals surface area contributed by atoms with Crippen molar-refractivity contribution in [2.45, 2.75) is 20.8 Å². The predicted molar refractivity (Wildman–Crippen MR) is 62.7 cm³/mol. The van der Waals surface area contributed by atoms with E-state index in [2.05, 4.69) is 4.99 Å².